The number of carbonyl (C=O) groups excluding carboxylic acids is 2. The van der Waals surface area contributed by atoms with Crippen LogP contribution in [0.25, 0.3) is 0 Å². The van der Waals surface area contributed by atoms with Gasteiger partial charge in [-0.05, 0) is 0 Å². The molecule has 2 aliphatic rings. The molecule has 198 valence electrons. The minimum atomic E-state index is -1.43. The number of aliphatic hydroxyl groups excluding tert-OH is 6. The van der Waals surface area contributed by atoms with Crippen molar-refractivity contribution in [3.8, 4) is 0 Å². The molecule has 0 spiro atoms. The maximum Gasteiger partial charge on any atom is 0.231 e. The van der Waals surface area contributed by atoms with E-state index in [2.05, 4.69) is 10.6 Å². The number of ether oxygens (including phenoxy) is 4. The van der Waals surface area contributed by atoms with E-state index in [1.54, 1.807) is 0 Å². The molecule has 34 heavy (non-hydrogen) atoms. The monoisotopic (exact) mass is 532 g/mol. The molecule has 0 aliphatic carbocycles. The molecule has 0 aromatic heterocycles. The molecule has 2 aliphatic heterocycles. The fraction of sp³-hybridized carbons (Fsp3) is 0.889. The lowest BCUT2D eigenvalue weighted by molar-refractivity contribution is -0.262. The number of rotatable bonds is 11. The SMILES string of the molecule is CO[C@@H]1O[C@H](CO)[C@@H](O)[C@H](O)[C@H]1NC(=O)CSSCC(=O)N[C@H]1[C@H](OC)O[C@H](CO)[C@@H](O)[C@@H]1O. The topological polar surface area (TPSA) is 216 Å². The van der Waals surface area contributed by atoms with E-state index in [0.29, 0.717) is 0 Å². The van der Waals surface area contributed by atoms with Crippen LogP contribution in [0.3, 0.4) is 0 Å². The molecule has 0 aromatic carbocycles. The van der Waals surface area contributed by atoms with Crippen molar-refractivity contribution in [3.05, 3.63) is 0 Å². The van der Waals surface area contributed by atoms with Crippen LogP contribution in [0, 0.1) is 0 Å². The largest absolute Gasteiger partial charge is 0.394 e. The summed E-state index contributed by atoms with van der Waals surface area (Å²) in [6, 6.07) is -2.14. The second-order valence-electron chi connectivity index (χ2n) is 7.60. The van der Waals surface area contributed by atoms with Crippen molar-refractivity contribution in [1.82, 2.24) is 10.6 Å². The van der Waals surface area contributed by atoms with Crippen molar-refractivity contribution in [3.63, 3.8) is 0 Å². The van der Waals surface area contributed by atoms with Gasteiger partial charge in [0.15, 0.2) is 12.6 Å². The normalized spacial score (nSPS) is 38.4. The zero-order valence-corrected chi connectivity index (χ0v) is 20.2. The van der Waals surface area contributed by atoms with E-state index in [9.17, 15) is 40.2 Å². The van der Waals surface area contributed by atoms with Gasteiger partial charge in [-0.2, -0.15) is 0 Å². The van der Waals surface area contributed by atoms with Crippen LogP contribution in [-0.4, -0.2) is 143 Å². The number of hydrogen-bond acceptors (Lipinski definition) is 14. The van der Waals surface area contributed by atoms with Gasteiger partial charge in [-0.25, -0.2) is 0 Å². The van der Waals surface area contributed by atoms with Gasteiger partial charge in [0.25, 0.3) is 0 Å². The third-order valence-corrected chi connectivity index (χ3v) is 7.48. The highest BCUT2D eigenvalue weighted by Gasteiger charge is 2.46. The summed E-state index contributed by atoms with van der Waals surface area (Å²) in [5.74, 6) is -1.25. The first-order valence-electron chi connectivity index (χ1n) is 10.3. The van der Waals surface area contributed by atoms with E-state index in [1.165, 1.54) is 14.2 Å². The van der Waals surface area contributed by atoms with Crippen LogP contribution in [-0.2, 0) is 28.5 Å². The molecule has 16 heteroatoms. The zero-order chi connectivity index (χ0) is 25.4. The zero-order valence-electron chi connectivity index (χ0n) is 18.6. The van der Waals surface area contributed by atoms with Crippen molar-refractivity contribution in [2.75, 3.05) is 38.9 Å². The number of hydrogen-bond donors (Lipinski definition) is 8. The Kier molecular flexibility index (Phi) is 12.2. The summed E-state index contributed by atoms with van der Waals surface area (Å²) in [4.78, 5) is 24.5. The van der Waals surface area contributed by atoms with E-state index < -0.39 is 86.3 Å². The molecule has 0 saturated carbocycles. The van der Waals surface area contributed by atoms with Crippen LogP contribution in [0.5, 0.6) is 0 Å². The molecule has 14 nitrogen and oxygen atoms in total. The van der Waals surface area contributed by atoms with E-state index >= 15 is 0 Å². The molecule has 10 atom stereocenters. The molecule has 0 unspecified atom stereocenters. The highest BCUT2D eigenvalue weighted by atomic mass is 33.1. The summed E-state index contributed by atoms with van der Waals surface area (Å²) in [5.41, 5.74) is 0. The van der Waals surface area contributed by atoms with Crippen molar-refractivity contribution < 1.29 is 59.2 Å². The molecule has 0 radical (unpaired) electrons. The summed E-state index contributed by atoms with van der Waals surface area (Å²) in [5, 5.41) is 63.8. The Balaban J connectivity index is 1.76. The molecule has 2 fully saturated rings. The molecule has 0 bridgehead atoms. The number of aliphatic hydroxyl groups is 6. The van der Waals surface area contributed by atoms with Crippen molar-refractivity contribution in [2.45, 2.75) is 61.3 Å². The Morgan fingerprint density at radius 3 is 1.38 bits per heavy atom. The standard InChI is InChI=1S/C18H32N2O12S2/c1-29-17-11(15(27)13(25)7(3-21)31-17)19-9(23)5-33-34-6-10(24)20-12-16(28)14(26)8(4-22)32-18(12)30-2/h7-8,11-18,21-22,25-28H,3-6H2,1-2H3,(H,19,23)(H,20,24)/t7-,8-,11-,12-,13-,14-,15-,16-,17-,18-/m1/s1. The molecule has 2 amide bonds. The minimum absolute atomic E-state index is 0.107. The Hall–Kier alpha value is -0.760. The summed E-state index contributed by atoms with van der Waals surface area (Å²) in [6.45, 7) is -1.08. The van der Waals surface area contributed by atoms with Crippen molar-refractivity contribution in [2.24, 2.45) is 0 Å². The number of nitrogens with one attached hydrogen (secondary N) is 2. The van der Waals surface area contributed by atoms with Gasteiger partial charge >= 0.3 is 0 Å². The summed E-state index contributed by atoms with van der Waals surface area (Å²) < 4.78 is 20.8. The van der Waals surface area contributed by atoms with Crippen LogP contribution in [0.2, 0.25) is 0 Å². The highest BCUT2D eigenvalue weighted by molar-refractivity contribution is 8.77. The van der Waals surface area contributed by atoms with Gasteiger partial charge in [0.05, 0.1) is 24.7 Å². The summed E-state index contributed by atoms with van der Waals surface area (Å²) >= 11 is 0. The maximum absolute atomic E-state index is 12.2. The quantitative estimate of drug-likeness (QED) is 0.0930. The van der Waals surface area contributed by atoms with Gasteiger partial charge in [-0.1, -0.05) is 21.6 Å². The predicted molar refractivity (Wildman–Crippen MR) is 118 cm³/mol. The Labute approximate surface area is 203 Å². The molecule has 2 heterocycles. The van der Waals surface area contributed by atoms with Gasteiger partial charge in [-0.15, -0.1) is 0 Å². The lowest BCUT2D eigenvalue weighted by Crippen LogP contribution is -2.64. The lowest BCUT2D eigenvalue weighted by atomic mass is 9.97. The number of carbonyl (C=O) groups is 2. The molecular formula is C18H32N2O12S2. The fourth-order valence-electron chi connectivity index (χ4n) is 3.52. The summed E-state index contributed by atoms with van der Waals surface area (Å²) in [6.07, 6.45) is -9.98. The minimum Gasteiger partial charge on any atom is -0.394 e. The maximum atomic E-state index is 12.2. The number of methoxy groups -OCH3 is 2. The first-order valence-corrected chi connectivity index (χ1v) is 12.8. The fourth-order valence-corrected chi connectivity index (χ4v) is 5.21. The van der Waals surface area contributed by atoms with E-state index in [4.69, 9.17) is 18.9 Å². The Morgan fingerprint density at radius 2 is 1.09 bits per heavy atom. The van der Waals surface area contributed by atoms with E-state index in [0.717, 1.165) is 21.6 Å². The first-order chi connectivity index (χ1) is 16.2. The second-order valence-corrected chi connectivity index (χ2v) is 10.1. The van der Waals surface area contributed by atoms with Gasteiger partial charge in [0.1, 0.15) is 48.7 Å². The molecule has 2 saturated heterocycles. The third-order valence-electron chi connectivity index (χ3n) is 5.34. The first kappa shape index (κ1) is 29.5. The molecule has 2 rings (SSSR count). The Bertz CT molecular complexity index is 606. The highest BCUT2D eigenvalue weighted by Crippen LogP contribution is 2.25. The van der Waals surface area contributed by atoms with Gasteiger partial charge in [0.2, 0.25) is 11.8 Å². The van der Waals surface area contributed by atoms with Crippen LogP contribution in [0.4, 0.5) is 0 Å². The average Bonchev–Trinajstić information content (AvgIpc) is 2.83. The van der Waals surface area contributed by atoms with Crippen LogP contribution in [0.1, 0.15) is 0 Å². The van der Waals surface area contributed by atoms with Crippen molar-refractivity contribution >= 4 is 33.4 Å². The summed E-state index contributed by atoms with van der Waals surface area (Å²) in [7, 11) is 4.66. The van der Waals surface area contributed by atoms with E-state index in [1.807, 2.05) is 0 Å². The third kappa shape index (κ3) is 7.37. The molecular weight excluding hydrogens is 500 g/mol. The van der Waals surface area contributed by atoms with Crippen LogP contribution in [0.15, 0.2) is 0 Å². The van der Waals surface area contributed by atoms with Gasteiger partial charge < -0.3 is 60.2 Å². The Morgan fingerprint density at radius 1 is 0.735 bits per heavy atom. The van der Waals surface area contributed by atoms with Gasteiger partial charge in [-0.3, -0.25) is 9.59 Å². The molecule has 0 aromatic rings. The van der Waals surface area contributed by atoms with E-state index in [-0.39, 0.29) is 11.5 Å². The van der Waals surface area contributed by atoms with Crippen molar-refractivity contribution in [1.29, 1.82) is 0 Å². The number of amides is 2. The van der Waals surface area contributed by atoms with Gasteiger partial charge in [0, 0.05) is 14.2 Å². The average molecular weight is 533 g/mol. The second kappa shape index (κ2) is 14.1. The smallest absolute Gasteiger partial charge is 0.231 e. The van der Waals surface area contributed by atoms with Crippen LogP contribution >= 0.6 is 21.6 Å². The molecule has 8 N–H and O–H groups in total. The lowest BCUT2D eigenvalue weighted by Gasteiger charge is -2.41. The van der Waals surface area contributed by atoms with Crippen LogP contribution < -0.4 is 10.6 Å². The predicted octanol–water partition coefficient (Wildman–Crippen LogP) is -4.49.